The monoisotopic (exact) mass is 314 g/mol. The molecule has 4 nitrogen and oxygen atoms in total. The van der Waals surface area contributed by atoms with E-state index in [0.717, 1.165) is 54.8 Å². The van der Waals surface area contributed by atoms with Gasteiger partial charge in [0.05, 0.1) is 25.3 Å². The van der Waals surface area contributed by atoms with E-state index in [1.165, 1.54) is 0 Å². The van der Waals surface area contributed by atoms with Crippen LogP contribution >= 0.6 is 0 Å². The van der Waals surface area contributed by atoms with Gasteiger partial charge in [0.25, 0.3) is 0 Å². The second-order valence-electron chi connectivity index (χ2n) is 5.87. The van der Waals surface area contributed by atoms with E-state index >= 15 is 0 Å². The SMILES string of the molecule is COc1cc2ccnc3c4nccc5cc(OC)cc(c(c1)c23)c54. The minimum Gasteiger partial charge on any atom is -0.497 e. The van der Waals surface area contributed by atoms with Crippen molar-refractivity contribution in [3.05, 3.63) is 48.8 Å². The summed E-state index contributed by atoms with van der Waals surface area (Å²) in [4.78, 5) is 9.25. The lowest BCUT2D eigenvalue weighted by molar-refractivity contribution is 0.415. The highest BCUT2D eigenvalue weighted by molar-refractivity contribution is 6.31. The summed E-state index contributed by atoms with van der Waals surface area (Å²) in [7, 11) is 3.38. The van der Waals surface area contributed by atoms with Gasteiger partial charge in [-0.2, -0.15) is 0 Å². The van der Waals surface area contributed by atoms with Crippen LogP contribution in [0, 0.1) is 0 Å². The summed E-state index contributed by atoms with van der Waals surface area (Å²) in [5.74, 6) is 1.66. The summed E-state index contributed by atoms with van der Waals surface area (Å²) in [6.07, 6.45) is 3.66. The van der Waals surface area contributed by atoms with E-state index in [0.29, 0.717) is 0 Å². The van der Waals surface area contributed by atoms with Crippen LogP contribution in [-0.2, 0) is 0 Å². The minimum absolute atomic E-state index is 0.831. The molecule has 0 aliphatic rings. The van der Waals surface area contributed by atoms with Crippen molar-refractivity contribution >= 4 is 43.4 Å². The van der Waals surface area contributed by atoms with E-state index in [-0.39, 0.29) is 0 Å². The molecule has 0 saturated heterocycles. The lowest BCUT2D eigenvalue weighted by Crippen LogP contribution is -1.93. The minimum atomic E-state index is 0.831. The van der Waals surface area contributed by atoms with Gasteiger partial charge < -0.3 is 9.47 Å². The summed E-state index contributed by atoms with van der Waals surface area (Å²) in [5, 5.41) is 6.63. The summed E-state index contributed by atoms with van der Waals surface area (Å²) in [6, 6.07) is 12.2. The number of hydrogen-bond acceptors (Lipinski definition) is 4. The highest BCUT2D eigenvalue weighted by Crippen LogP contribution is 2.41. The number of pyridine rings is 2. The number of hydrogen-bond donors (Lipinski definition) is 0. The van der Waals surface area contributed by atoms with Gasteiger partial charge in [-0.25, -0.2) is 0 Å². The first-order valence-electron chi connectivity index (χ1n) is 7.74. The third-order valence-corrected chi connectivity index (χ3v) is 4.66. The Morgan fingerprint density at radius 2 is 1.12 bits per heavy atom. The molecule has 0 fully saturated rings. The highest BCUT2D eigenvalue weighted by atomic mass is 16.5. The number of benzene rings is 3. The maximum absolute atomic E-state index is 5.50. The molecule has 0 amide bonds. The van der Waals surface area contributed by atoms with Crippen LogP contribution < -0.4 is 9.47 Å². The van der Waals surface area contributed by atoms with Crippen LogP contribution in [0.25, 0.3) is 43.4 Å². The largest absolute Gasteiger partial charge is 0.497 e. The molecule has 5 rings (SSSR count). The molecule has 0 radical (unpaired) electrons. The van der Waals surface area contributed by atoms with Gasteiger partial charge in [-0.15, -0.1) is 0 Å². The quantitative estimate of drug-likeness (QED) is 0.354. The van der Waals surface area contributed by atoms with Crippen LogP contribution in [0.1, 0.15) is 0 Å². The molecular weight excluding hydrogens is 300 g/mol. The normalized spacial score (nSPS) is 11.8. The zero-order chi connectivity index (χ0) is 16.3. The number of rotatable bonds is 2. The van der Waals surface area contributed by atoms with Crippen molar-refractivity contribution in [2.45, 2.75) is 0 Å². The molecule has 0 aliphatic carbocycles. The second-order valence-corrected chi connectivity index (χ2v) is 5.87. The predicted molar refractivity (Wildman–Crippen MR) is 96.3 cm³/mol. The lowest BCUT2D eigenvalue weighted by Gasteiger charge is -2.15. The molecule has 24 heavy (non-hydrogen) atoms. The molecule has 0 atom stereocenters. The average Bonchev–Trinajstić information content (AvgIpc) is 2.64. The Hall–Kier alpha value is -3.14. The Labute approximate surface area is 138 Å². The summed E-state index contributed by atoms with van der Waals surface area (Å²) in [6.45, 7) is 0. The van der Waals surface area contributed by atoms with Crippen molar-refractivity contribution in [1.82, 2.24) is 9.97 Å². The van der Waals surface area contributed by atoms with Gasteiger partial charge in [0, 0.05) is 23.2 Å². The van der Waals surface area contributed by atoms with Crippen molar-refractivity contribution in [2.24, 2.45) is 0 Å². The van der Waals surface area contributed by atoms with Gasteiger partial charge in [0.15, 0.2) is 0 Å². The number of ether oxygens (including phenoxy) is 2. The third-order valence-electron chi connectivity index (χ3n) is 4.66. The zero-order valence-corrected chi connectivity index (χ0v) is 13.3. The predicted octanol–water partition coefficient (Wildman–Crippen LogP) is 4.54. The number of methoxy groups -OCH3 is 2. The number of nitrogens with zero attached hydrogens (tertiary/aromatic N) is 2. The van der Waals surface area contributed by atoms with Gasteiger partial charge in [-0.3, -0.25) is 9.97 Å². The molecule has 0 spiro atoms. The maximum Gasteiger partial charge on any atom is 0.120 e. The van der Waals surface area contributed by atoms with Crippen LogP contribution in [0.5, 0.6) is 11.5 Å². The van der Waals surface area contributed by atoms with Crippen molar-refractivity contribution in [3.63, 3.8) is 0 Å². The van der Waals surface area contributed by atoms with E-state index < -0.39 is 0 Å². The molecule has 0 bridgehead atoms. The molecule has 0 aliphatic heterocycles. The molecule has 2 heterocycles. The molecule has 2 aromatic heterocycles. The Morgan fingerprint density at radius 1 is 0.667 bits per heavy atom. The fourth-order valence-corrected chi connectivity index (χ4v) is 3.60. The van der Waals surface area contributed by atoms with Crippen LogP contribution in [0.3, 0.4) is 0 Å². The van der Waals surface area contributed by atoms with Crippen LogP contribution in [0.2, 0.25) is 0 Å². The average molecular weight is 314 g/mol. The van der Waals surface area contributed by atoms with E-state index in [1.54, 1.807) is 14.2 Å². The Balaban J connectivity index is 2.18. The third kappa shape index (κ3) is 1.62. The van der Waals surface area contributed by atoms with Crippen molar-refractivity contribution in [3.8, 4) is 11.5 Å². The first kappa shape index (κ1) is 13.3. The van der Waals surface area contributed by atoms with Crippen molar-refractivity contribution < 1.29 is 9.47 Å². The maximum atomic E-state index is 5.50. The molecule has 5 aromatic rings. The molecule has 4 heteroatoms. The molecule has 0 saturated carbocycles. The first-order valence-corrected chi connectivity index (χ1v) is 7.74. The van der Waals surface area contributed by atoms with Crippen LogP contribution in [0.15, 0.2) is 48.8 Å². The van der Waals surface area contributed by atoms with E-state index in [9.17, 15) is 0 Å². The Morgan fingerprint density at radius 3 is 1.54 bits per heavy atom. The van der Waals surface area contributed by atoms with Gasteiger partial charge in [0.1, 0.15) is 11.5 Å². The first-order chi connectivity index (χ1) is 11.8. The standard InChI is InChI=1S/C20H14N2O2/c1-23-13-7-11-3-5-21-19-17(11)15(9-13)16-10-14(24-2)8-12-4-6-22-20(19)18(12)16/h3-10H,1-2H3. The van der Waals surface area contributed by atoms with Crippen molar-refractivity contribution in [1.29, 1.82) is 0 Å². The summed E-state index contributed by atoms with van der Waals surface area (Å²) >= 11 is 0. The molecule has 0 unspecified atom stereocenters. The molecular formula is C20H14N2O2. The summed E-state index contributed by atoms with van der Waals surface area (Å²) in [5.41, 5.74) is 1.85. The van der Waals surface area contributed by atoms with Gasteiger partial charge in [0.2, 0.25) is 0 Å². The van der Waals surface area contributed by atoms with Crippen LogP contribution in [0.4, 0.5) is 0 Å². The fraction of sp³-hybridized carbons (Fsp3) is 0.100. The summed E-state index contributed by atoms with van der Waals surface area (Å²) < 4.78 is 11.0. The van der Waals surface area contributed by atoms with Crippen molar-refractivity contribution in [2.75, 3.05) is 14.2 Å². The van der Waals surface area contributed by atoms with E-state index in [4.69, 9.17) is 9.47 Å². The van der Waals surface area contributed by atoms with Gasteiger partial charge in [-0.05, 0) is 57.9 Å². The molecule has 3 aromatic carbocycles. The topological polar surface area (TPSA) is 44.2 Å². The van der Waals surface area contributed by atoms with E-state index in [1.807, 2.05) is 36.7 Å². The highest BCUT2D eigenvalue weighted by Gasteiger charge is 2.16. The van der Waals surface area contributed by atoms with Gasteiger partial charge in [-0.1, -0.05) is 0 Å². The van der Waals surface area contributed by atoms with E-state index in [2.05, 4.69) is 22.1 Å². The second kappa shape index (κ2) is 4.68. The number of aromatic nitrogens is 2. The van der Waals surface area contributed by atoms with Gasteiger partial charge >= 0.3 is 0 Å². The molecule has 116 valence electrons. The van der Waals surface area contributed by atoms with Crippen LogP contribution in [-0.4, -0.2) is 24.2 Å². The smallest absolute Gasteiger partial charge is 0.120 e. The fourth-order valence-electron chi connectivity index (χ4n) is 3.60. The molecule has 0 N–H and O–H groups in total. The zero-order valence-electron chi connectivity index (χ0n) is 13.3. The lowest BCUT2D eigenvalue weighted by atomic mass is 9.94. The Bertz CT molecular complexity index is 1130. The Kier molecular flexibility index (Phi) is 2.59. The number of fused-ring (bicyclic) bond motifs is 2.